The van der Waals surface area contributed by atoms with Gasteiger partial charge < -0.3 is 20.5 Å². The van der Waals surface area contributed by atoms with Gasteiger partial charge >= 0.3 is 5.97 Å². The highest BCUT2D eigenvalue weighted by Crippen LogP contribution is 2.38. The van der Waals surface area contributed by atoms with E-state index in [4.69, 9.17) is 15.6 Å². The first kappa shape index (κ1) is 24.3. The minimum absolute atomic E-state index is 0.141. The molecule has 1 amide bonds. The van der Waals surface area contributed by atoms with Crippen molar-refractivity contribution in [2.75, 3.05) is 23.8 Å². The van der Waals surface area contributed by atoms with Crippen molar-refractivity contribution < 1.29 is 19.4 Å². The van der Waals surface area contributed by atoms with Crippen LogP contribution in [0.3, 0.4) is 0 Å². The molecule has 0 saturated heterocycles. The van der Waals surface area contributed by atoms with Gasteiger partial charge in [0.25, 0.3) is 5.91 Å². The second-order valence-electron chi connectivity index (χ2n) is 9.12. The third kappa shape index (κ3) is 5.46. The Labute approximate surface area is 204 Å². The highest BCUT2D eigenvalue weighted by molar-refractivity contribution is 7.99. The molecule has 2 aliphatic rings. The summed E-state index contributed by atoms with van der Waals surface area (Å²) in [5, 5.41) is 9.88. The summed E-state index contributed by atoms with van der Waals surface area (Å²) in [6.45, 7) is 4.90. The molecule has 9 heteroatoms. The van der Waals surface area contributed by atoms with E-state index in [1.807, 2.05) is 12.1 Å². The Kier molecular flexibility index (Phi) is 7.60. The number of carboxylic acids is 1. The number of nitrogens with zero attached hydrogens (tertiary/aromatic N) is 3. The van der Waals surface area contributed by atoms with E-state index < -0.39 is 5.97 Å². The molecule has 1 saturated carbocycles. The number of fused-ring (bicyclic) bond motifs is 1. The maximum atomic E-state index is 13.4. The Morgan fingerprint density at radius 3 is 2.59 bits per heavy atom. The first-order chi connectivity index (χ1) is 16.4. The van der Waals surface area contributed by atoms with E-state index >= 15 is 0 Å². The number of carbonyl (C=O) groups is 2. The summed E-state index contributed by atoms with van der Waals surface area (Å²) in [6, 6.07) is 8.07. The average molecular weight is 485 g/mol. The number of hydrogen-bond acceptors (Lipinski definition) is 7. The van der Waals surface area contributed by atoms with Crippen molar-refractivity contribution in [1.82, 2.24) is 9.97 Å². The summed E-state index contributed by atoms with van der Waals surface area (Å²) < 4.78 is 5.81. The van der Waals surface area contributed by atoms with Crippen LogP contribution in [-0.4, -0.2) is 45.4 Å². The molecule has 8 nitrogen and oxygen atoms in total. The summed E-state index contributed by atoms with van der Waals surface area (Å²) >= 11 is 1.52. The van der Waals surface area contributed by atoms with E-state index in [2.05, 4.69) is 35.9 Å². The summed E-state index contributed by atoms with van der Waals surface area (Å²) in [5.74, 6) is 0.125. The quantitative estimate of drug-likeness (QED) is 0.427. The number of anilines is 2. The Morgan fingerprint density at radius 2 is 1.94 bits per heavy atom. The van der Waals surface area contributed by atoms with Crippen molar-refractivity contribution in [1.29, 1.82) is 0 Å². The van der Waals surface area contributed by atoms with Crippen molar-refractivity contribution in [3.8, 4) is 5.88 Å². The number of rotatable bonds is 7. The van der Waals surface area contributed by atoms with Gasteiger partial charge in [-0.15, -0.1) is 0 Å². The van der Waals surface area contributed by atoms with Crippen LogP contribution >= 0.6 is 11.8 Å². The minimum Gasteiger partial charge on any atom is -0.481 e. The number of nitrogens with two attached hydrogens (primary N) is 1. The smallest absolute Gasteiger partial charge is 0.303 e. The van der Waals surface area contributed by atoms with Crippen molar-refractivity contribution in [2.45, 2.75) is 68.7 Å². The molecule has 4 rings (SSSR count). The predicted octanol–water partition coefficient (Wildman–Crippen LogP) is 4.74. The Morgan fingerprint density at radius 1 is 1.24 bits per heavy atom. The molecule has 1 aromatic carbocycles. The standard InChI is InChI=1S/C25H32N4O4S/c1-3-15(2)34-25-27-22(26)21-23(28-25)33-13-12-29(24(21)32)19-10-8-18(9-11-19)17-6-4-16(5-7-17)14-20(30)31/h8-11,15-17H,3-7,12-14H2,1-2H3,(H,30,31)(H2,26,27,28)/t15?,16-,17-. The summed E-state index contributed by atoms with van der Waals surface area (Å²) in [4.78, 5) is 34.9. The number of carbonyl (C=O) groups excluding carboxylic acids is 1. The molecule has 2 aromatic rings. The number of nitrogen functional groups attached to an aromatic ring is 1. The number of carboxylic acid groups (broad SMARTS) is 1. The van der Waals surface area contributed by atoms with Crippen molar-refractivity contribution in [2.24, 2.45) is 5.92 Å². The van der Waals surface area contributed by atoms with Gasteiger partial charge in [0.15, 0.2) is 5.16 Å². The van der Waals surface area contributed by atoms with E-state index in [0.29, 0.717) is 29.5 Å². The zero-order valence-electron chi connectivity index (χ0n) is 19.7. The van der Waals surface area contributed by atoms with Crippen molar-refractivity contribution in [3.63, 3.8) is 0 Å². The van der Waals surface area contributed by atoms with Crippen LogP contribution in [0.1, 0.15) is 74.2 Å². The topological polar surface area (TPSA) is 119 Å². The van der Waals surface area contributed by atoms with Crippen LogP contribution < -0.4 is 15.4 Å². The molecule has 1 unspecified atom stereocenters. The Balaban J connectivity index is 1.48. The molecule has 0 spiro atoms. The SMILES string of the molecule is CCC(C)Sc1nc(N)c2c(n1)OCCN(c1ccc([C@H]3CC[C@H](CC(=O)O)CC3)cc1)C2=O. The molecular formula is C25H32N4O4S. The second kappa shape index (κ2) is 10.6. The average Bonchev–Trinajstić information content (AvgIpc) is 2.98. The first-order valence-electron chi connectivity index (χ1n) is 12.0. The van der Waals surface area contributed by atoms with Crippen LogP contribution in [0.25, 0.3) is 0 Å². The molecule has 1 fully saturated rings. The highest BCUT2D eigenvalue weighted by Gasteiger charge is 2.30. The van der Waals surface area contributed by atoms with Crippen LogP contribution in [0.4, 0.5) is 11.5 Å². The van der Waals surface area contributed by atoms with Crippen LogP contribution in [0.5, 0.6) is 5.88 Å². The minimum atomic E-state index is -0.711. The number of hydrogen-bond donors (Lipinski definition) is 2. The fourth-order valence-corrected chi connectivity index (χ4v) is 5.46. The van der Waals surface area contributed by atoms with E-state index in [-0.39, 0.29) is 35.5 Å². The van der Waals surface area contributed by atoms with Crippen LogP contribution in [0.15, 0.2) is 29.4 Å². The summed E-state index contributed by atoms with van der Waals surface area (Å²) in [7, 11) is 0. The number of ether oxygens (including phenoxy) is 1. The summed E-state index contributed by atoms with van der Waals surface area (Å²) in [5.41, 5.74) is 8.42. The normalized spacial score (nSPS) is 21.4. The maximum Gasteiger partial charge on any atom is 0.303 e. The lowest BCUT2D eigenvalue weighted by Gasteiger charge is -2.28. The number of benzene rings is 1. The van der Waals surface area contributed by atoms with Gasteiger partial charge in [-0.25, -0.2) is 4.98 Å². The van der Waals surface area contributed by atoms with Gasteiger partial charge in [0.1, 0.15) is 18.0 Å². The molecular weight excluding hydrogens is 452 g/mol. The number of aliphatic carboxylic acids is 1. The molecule has 3 N–H and O–H groups in total. The second-order valence-corrected chi connectivity index (χ2v) is 10.5. The Hall–Kier alpha value is -2.81. The van der Waals surface area contributed by atoms with E-state index in [1.54, 1.807) is 4.90 Å². The third-order valence-corrected chi connectivity index (χ3v) is 7.89. The summed E-state index contributed by atoms with van der Waals surface area (Å²) in [6.07, 6.45) is 5.09. The van der Waals surface area contributed by atoms with Crippen LogP contribution in [-0.2, 0) is 4.79 Å². The van der Waals surface area contributed by atoms with Gasteiger partial charge in [0.05, 0.1) is 6.54 Å². The van der Waals surface area contributed by atoms with Crippen LogP contribution in [0, 0.1) is 5.92 Å². The zero-order valence-corrected chi connectivity index (χ0v) is 20.5. The van der Waals surface area contributed by atoms with E-state index in [0.717, 1.165) is 37.8 Å². The molecule has 1 aliphatic heterocycles. The van der Waals surface area contributed by atoms with Crippen molar-refractivity contribution in [3.05, 3.63) is 35.4 Å². The van der Waals surface area contributed by atoms with Gasteiger partial charge in [-0.2, -0.15) is 4.98 Å². The van der Waals surface area contributed by atoms with E-state index in [9.17, 15) is 9.59 Å². The van der Waals surface area contributed by atoms with Gasteiger partial charge in [0, 0.05) is 17.4 Å². The van der Waals surface area contributed by atoms with Gasteiger partial charge in [-0.1, -0.05) is 37.7 Å². The molecule has 0 radical (unpaired) electrons. The fourth-order valence-electron chi connectivity index (χ4n) is 4.65. The zero-order chi connectivity index (χ0) is 24.2. The fraction of sp³-hybridized carbons (Fsp3) is 0.520. The lowest BCUT2D eigenvalue weighted by atomic mass is 9.77. The lowest BCUT2D eigenvalue weighted by molar-refractivity contribution is -0.138. The molecule has 1 atom stereocenters. The molecule has 1 aromatic heterocycles. The largest absolute Gasteiger partial charge is 0.481 e. The molecule has 2 heterocycles. The predicted molar refractivity (Wildman–Crippen MR) is 133 cm³/mol. The third-order valence-electron chi connectivity index (χ3n) is 6.76. The maximum absolute atomic E-state index is 13.4. The van der Waals surface area contributed by atoms with Crippen LogP contribution in [0.2, 0.25) is 0 Å². The number of amides is 1. The number of thioether (sulfide) groups is 1. The highest BCUT2D eigenvalue weighted by atomic mass is 32.2. The van der Waals surface area contributed by atoms with Gasteiger partial charge in [-0.3, -0.25) is 9.59 Å². The molecule has 182 valence electrons. The molecule has 0 bridgehead atoms. The lowest BCUT2D eigenvalue weighted by Crippen LogP contribution is -2.32. The number of aromatic nitrogens is 2. The van der Waals surface area contributed by atoms with Gasteiger partial charge in [0.2, 0.25) is 5.88 Å². The van der Waals surface area contributed by atoms with Gasteiger partial charge in [-0.05, 0) is 61.6 Å². The monoisotopic (exact) mass is 484 g/mol. The molecule has 1 aliphatic carbocycles. The van der Waals surface area contributed by atoms with E-state index in [1.165, 1.54) is 17.3 Å². The Bertz CT molecular complexity index is 1040. The first-order valence-corrected chi connectivity index (χ1v) is 12.8. The van der Waals surface area contributed by atoms with Crippen molar-refractivity contribution >= 4 is 35.1 Å². The molecule has 34 heavy (non-hydrogen) atoms.